The van der Waals surface area contributed by atoms with Crippen LogP contribution in [0.2, 0.25) is 10.0 Å². The fourth-order valence-corrected chi connectivity index (χ4v) is 4.26. The SMILES string of the molecule is O=C(CSc1nc2ccc(Cl)cc2[nH]1)NC(=O)CSc1nc2ccc(Cl)cc2[nH]1. The van der Waals surface area contributed by atoms with Crippen LogP contribution in [-0.4, -0.2) is 43.3 Å². The van der Waals surface area contributed by atoms with Crippen molar-refractivity contribution in [3.63, 3.8) is 0 Å². The lowest BCUT2D eigenvalue weighted by molar-refractivity contribution is -0.127. The quantitative estimate of drug-likeness (QED) is 0.367. The number of imide groups is 1. The highest BCUT2D eigenvalue weighted by molar-refractivity contribution is 8.00. The third-order valence-electron chi connectivity index (χ3n) is 3.80. The molecular formula is C18H13Cl2N5O2S2. The van der Waals surface area contributed by atoms with Gasteiger partial charge in [0.2, 0.25) is 11.8 Å². The number of nitrogens with one attached hydrogen (secondary N) is 3. The summed E-state index contributed by atoms with van der Waals surface area (Å²) >= 11 is 14.3. The zero-order chi connectivity index (χ0) is 20.4. The maximum absolute atomic E-state index is 12.0. The number of imidazole rings is 2. The summed E-state index contributed by atoms with van der Waals surface area (Å²) in [5.74, 6) is -0.661. The average molecular weight is 466 g/mol. The van der Waals surface area contributed by atoms with Gasteiger partial charge in [-0.2, -0.15) is 0 Å². The van der Waals surface area contributed by atoms with Crippen LogP contribution in [0.4, 0.5) is 0 Å². The number of H-pyrrole nitrogens is 2. The lowest BCUT2D eigenvalue weighted by atomic mass is 10.3. The zero-order valence-corrected chi connectivity index (χ0v) is 17.8. The molecule has 3 N–H and O–H groups in total. The van der Waals surface area contributed by atoms with Gasteiger partial charge in [0.15, 0.2) is 10.3 Å². The highest BCUT2D eigenvalue weighted by atomic mass is 35.5. The first-order valence-corrected chi connectivity index (χ1v) is 11.1. The number of halogens is 2. The highest BCUT2D eigenvalue weighted by Gasteiger charge is 2.12. The molecule has 11 heteroatoms. The van der Waals surface area contributed by atoms with Crippen LogP contribution < -0.4 is 5.32 Å². The highest BCUT2D eigenvalue weighted by Crippen LogP contribution is 2.23. The summed E-state index contributed by atoms with van der Waals surface area (Å²) < 4.78 is 0. The van der Waals surface area contributed by atoms with Gasteiger partial charge in [0.25, 0.3) is 0 Å². The van der Waals surface area contributed by atoms with Crippen LogP contribution in [0.1, 0.15) is 0 Å². The van der Waals surface area contributed by atoms with E-state index in [-0.39, 0.29) is 11.5 Å². The second kappa shape index (κ2) is 8.66. The monoisotopic (exact) mass is 465 g/mol. The van der Waals surface area contributed by atoms with E-state index in [1.165, 1.54) is 23.5 Å². The molecule has 0 saturated carbocycles. The van der Waals surface area contributed by atoms with E-state index in [0.717, 1.165) is 22.1 Å². The van der Waals surface area contributed by atoms with Crippen LogP contribution in [0.3, 0.4) is 0 Å². The number of amides is 2. The Kier molecular flexibility index (Phi) is 6.00. The van der Waals surface area contributed by atoms with Crippen molar-refractivity contribution >= 4 is 80.6 Å². The van der Waals surface area contributed by atoms with E-state index < -0.39 is 11.8 Å². The molecule has 148 valence electrons. The summed E-state index contributed by atoms with van der Waals surface area (Å²) in [6, 6.07) is 10.6. The molecule has 0 saturated heterocycles. The molecular weight excluding hydrogens is 453 g/mol. The minimum Gasteiger partial charge on any atom is -0.333 e. The number of hydrogen-bond donors (Lipinski definition) is 3. The van der Waals surface area contributed by atoms with Crippen LogP contribution in [0, 0.1) is 0 Å². The molecule has 0 bridgehead atoms. The summed E-state index contributed by atoms with van der Waals surface area (Å²) in [5, 5.41) is 4.73. The first-order chi connectivity index (χ1) is 14.0. The van der Waals surface area contributed by atoms with Gasteiger partial charge < -0.3 is 9.97 Å². The maximum Gasteiger partial charge on any atom is 0.237 e. The standard InChI is InChI=1S/C18H13Cl2N5O2S2/c19-9-1-3-11-13(5-9)23-17(21-11)28-7-15(26)25-16(27)8-29-18-22-12-4-2-10(20)6-14(12)24-18/h1-6H,7-8H2,(H,21,23)(H,22,24)(H,25,26,27). The molecule has 0 aliphatic rings. The molecule has 2 aromatic heterocycles. The molecule has 0 aliphatic heterocycles. The first kappa shape index (κ1) is 20.1. The molecule has 2 amide bonds. The van der Waals surface area contributed by atoms with Crippen LogP contribution in [-0.2, 0) is 9.59 Å². The molecule has 7 nitrogen and oxygen atoms in total. The second-order valence-electron chi connectivity index (χ2n) is 5.96. The van der Waals surface area contributed by atoms with Gasteiger partial charge in [-0.05, 0) is 36.4 Å². The van der Waals surface area contributed by atoms with E-state index >= 15 is 0 Å². The molecule has 4 aromatic rings. The van der Waals surface area contributed by atoms with Gasteiger partial charge in [0.1, 0.15) is 0 Å². The molecule has 4 rings (SSSR count). The van der Waals surface area contributed by atoms with Crippen LogP contribution >= 0.6 is 46.7 Å². The normalized spacial score (nSPS) is 11.2. The number of benzene rings is 2. The van der Waals surface area contributed by atoms with Crippen molar-refractivity contribution in [1.29, 1.82) is 0 Å². The van der Waals surface area contributed by atoms with E-state index in [2.05, 4.69) is 25.3 Å². The lowest BCUT2D eigenvalue weighted by Gasteiger charge is -2.02. The van der Waals surface area contributed by atoms with Crippen molar-refractivity contribution in [2.24, 2.45) is 0 Å². The Morgan fingerprint density at radius 2 is 1.28 bits per heavy atom. The predicted octanol–water partition coefficient (Wildman–Crippen LogP) is 4.27. The van der Waals surface area contributed by atoms with E-state index in [4.69, 9.17) is 23.2 Å². The molecule has 29 heavy (non-hydrogen) atoms. The van der Waals surface area contributed by atoms with Crippen LogP contribution in [0.5, 0.6) is 0 Å². The molecule has 0 spiro atoms. The zero-order valence-electron chi connectivity index (χ0n) is 14.7. The Balaban J connectivity index is 1.26. The predicted molar refractivity (Wildman–Crippen MR) is 117 cm³/mol. The Hall–Kier alpha value is -2.20. The lowest BCUT2D eigenvalue weighted by Crippen LogP contribution is -2.33. The number of rotatable bonds is 6. The number of thioether (sulfide) groups is 2. The summed E-state index contributed by atoms with van der Waals surface area (Å²) in [6.07, 6.45) is 0. The van der Waals surface area contributed by atoms with Crippen molar-refractivity contribution in [1.82, 2.24) is 25.3 Å². The molecule has 0 atom stereocenters. The Labute approximate surface area is 183 Å². The summed E-state index contributed by atoms with van der Waals surface area (Å²) in [4.78, 5) is 38.9. The Morgan fingerprint density at radius 1 is 0.828 bits per heavy atom. The number of hydrogen-bond acceptors (Lipinski definition) is 6. The molecule has 0 radical (unpaired) electrons. The van der Waals surface area contributed by atoms with Crippen molar-refractivity contribution < 1.29 is 9.59 Å². The largest absolute Gasteiger partial charge is 0.333 e. The third-order valence-corrected chi connectivity index (χ3v) is 6.02. The van der Waals surface area contributed by atoms with Gasteiger partial charge in [-0.25, -0.2) is 9.97 Å². The fourth-order valence-electron chi connectivity index (χ4n) is 2.55. The van der Waals surface area contributed by atoms with Crippen LogP contribution in [0.15, 0.2) is 46.7 Å². The smallest absolute Gasteiger partial charge is 0.237 e. The van der Waals surface area contributed by atoms with Gasteiger partial charge in [0.05, 0.1) is 33.6 Å². The van der Waals surface area contributed by atoms with Gasteiger partial charge in [-0.3, -0.25) is 14.9 Å². The fraction of sp³-hybridized carbons (Fsp3) is 0.111. The maximum atomic E-state index is 12.0. The summed E-state index contributed by atoms with van der Waals surface area (Å²) in [5.41, 5.74) is 3.11. The third kappa shape index (κ3) is 5.05. The van der Waals surface area contributed by atoms with Gasteiger partial charge >= 0.3 is 0 Å². The number of aromatic nitrogens is 4. The summed E-state index contributed by atoms with van der Waals surface area (Å²) in [7, 11) is 0. The number of nitrogens with zero attached hydrogens (tertiary/aromatic N) is 2. The minimum absolute atomic E-state index is 0.0626. The van der Waals surface area contributed by atoms with E-state index in [9.17, 15) is 9.59 Å². The Bertz CT molecular complexity index is 1130. The van der Waals surface area contributed by atoms with Crippen molar-refractivity contribution in [3.8, 4) is 0 Å². The van der Waals surface area contributed by atoms with Gasteiger partial charge in [-0.1, -0.05) is 46.7 Å². The first-order valence-electron chi connectivity index (χ1n) is 8.35. The van der Waals surface area contributed by atoms with E-state index in [1.54, 1.807) is 36.4 Å². The van der Waals surface area contributed by atoms with E-state index in [1.807, 2.05) is 0 Å². The van der Waals surface area contributed by atoms with Crippen molar-refractivity contribution in [3.05, 3.63) is 46.4 Å². The second-order valence-corrected chi connectivity index (χ2v) is 8.76. The summed E-state index contributed by atoms with van der Waals surface area (Å²) in [6.45, 7) is 0. The number of fused-ring (bicyclic) bond motifs is 2. The number of carbonyl (C=O) groups is 2. The molecule has 0 unspecified atom stereocenters. The number of carbonyl (C=O) groups excluding carboxylic acids is 2. The molecule has 0 fully saturated rings. The minimum atomic E-state index is -0.393. The van der Waals surface area contributed by atoms with Crippen molar-refractivity contribution in [2.75, 3.05) is 11.5 Å². The number of aromatic amines is 2. The van der Waals surface area contributed by atoms with Gasteiger partial charge in [0, 0.05) is 10.0 Å². The van der Waals surface area contributed by atoms with Crippen LogP contribution in [0.25, 0.3) is 22.1 Å². The Morgan fingerprint density at radius 3 is 1.72 bits per heavy atom. The molecule has 2 aromatic carbocycles. The molecule has 0 aliphatic carbocycles. The van der Waals surface area contributed by atoms with Gasteiger partial charge in [-0.15, -0.1) is 0 Å². The topological polar surface area (TPSA) is 104 Å². The average Bonchev–Trinajstić information content (AvgIpc) is 3.27. The van der Waals surface area contributed by atoms with E-state index in [0.29, 0.717) is 20.4 Å². The van der Waals surface area contributed by atoms with Crippen molar-refractivity contribution in [2.45, 2.75) is 10.3 Å². The molecule has 2 heterocycles.